The highest BCUT2D eigenvalue weighted by Crippen LogP contribution is 2.01. The molecule has 2 amide bonds. The molecule has 8 nitrogen and oxygen atoms in total. The Hall–Kier alpha value is -2.68. The predicted molar refractivity (Wildman–Crippen MR) is 75.2 cm³/mol. The first kappa shape index (κ1) is 14.7. The molecule has 0 atom stereocenters. The van der Waals surface area contributed by atoms with Crippen LogP contribution in [0, 0.1) is 0 Å². The number of urea groups is 1. The fourth-order valence-electron chi connectivity index (χ4n) is 1.52. The molecule has 0 saturated heterocycles. The quantitative estimate of drug-likeness (QED) is 0.641. The molecule has 0 bridgehead atoms. The van der Waals surface area contributed by atoms with Gasteiger partial charge in [-0.2, -0.15) is 0 Å². The maximum Gasteiger partial charge on any atom is 0.335 e. The number of hydrogen-bond donors (Lipinski definition) is 4. The van der Waals surface area contributed by atoms with Gasteiger partial charge in [-0.05, 0) is 12.1 Å². The van der Waals surface area contributed by atoms with Crippen molar-refractivity contribution < 1.29 is 14.7 Å². The Balaban J connectivity index is 1.82. The number of carboxylic acids is 1. The zero-order valence-electron chi connectivity index (χ0n) is 10.8. The molecule has 2 aromatic rings. The minimum Gasteiger partial charge on any atom is -0.478 e. The molecule has 0 aliphatic rings. The van der Waals surface area contributed by atoms with Crippen LogP contribution < -0.4 is 15.5 Å². The second-order valence-corrected chi connectivity index (χ2v) is 4.89. The van der Waals surface area contributed by atoms with Gasteiger partial charge in [0.15, 0.2) is 0 Å². The molecule has 2 heterocycles. The van der Waals surface area contributed by atoms with Crippen molar-refractivity contribution >= 4 is 23.3 Å². The van der Waals surface area contributed by atoms with Gasteiger partial charge in [0.1, 0.15) is 0 Å². The minimum absolute atomic E-state index is 0.104. The number of aromatic carboxylic acids is 1. The summed E-state index contributed by atoms with van der Waals surface area (Å²) in [6.45, 7) is 0.306. The van der Waals surface area contributed by atoms with Gasteiger partial charge in [-0.25, -0.2) is 9.59 Å². The van der Waals surface area contributed by atoms with Crippen LogP contribution in [0.2, 0.25) is 0 Å². The van der Waals surface area contributed by atoms with E-state index in [1.54, 1.807) is 5.38 Å². The summed E-state index contributed by atoms with van der Waals surface area (Å²) in [5.41, 5.74) is 1.16. The standard InChI is InChI=1S/C12H12N4O4S/c17-10(18)7-1-2-13-8(3-7)4-14-11(19)15-5-9-6-21-12(20)16-9/h1-3,6H,4-5H2,(H,16,20)(H,17,18)(H2,14,15,19). The number of aromatic nitrogens is 2. The average Bonchev–Trinajstić information content (AvgIpc) is 2.89. The summed E-state index contributed by atoms with van der Waals surface area (Å²) in [6, 6.07) is 2.32. The zero-order chi connectivity index (χ0) is 15.2. The highest BCUT2D eigenvalue weighted by molar-refractivity contribution is 7.07. The van der Waals surface area contributed by atoms with Gasteiger partial charge in [0.05, 0.1) is 24.3 Å². The normalized spacial score (nSPS) is 10.1. The molecular formula is C12H12N4O4S. The summed E-state index contributed by atoms with van der Waals surface area (Å²) in [4.78, 5) is 39.6. The van der Waals surface area contributed by atoms with E-state index in [0.29, 0.717) is 11.4 Å². The molecule has 2 rings (SSSR count). The smallest absolute Gasteiger partial charge is 0.335 e. The molecule has 9 heteroatoms. The lowest BCUT2D eigenvalue weighted by Crippen LogP contribution is -2.35. The van der Waals surface area contributed by atoms with Gasteiger partial charge in [-0.15, -0.1) is 0 Å². The molecule has 0 spiro atoms. The van der Waals surface area contributed by atoms with E-state index >= 15 is 0 Å². The summed E-state index contributed by atoms with van der Waals surface area (Å²) in [5.74, 6) is -1.05. The first-order valence-corrected chi connectivity index (χ1v) is 6.79. The van der Waals surface area contributed by atoms with Crippen LogP contribution in [0.25, 0.3) is 0 Å². The largest absolute Gasteiger partial charge is 0.478 e. The van der Waals surface area contributed by atoms with Gasteiger partial charge in [-0.1, -0.05) is 11.3 Å². The lowest BCUT2D eigenvalue weighted by atomic mass is 10.2. The zero-order valence-corrected chi connectivity index (χ0v) is 11.6. The molecular weight excluding hydrogens is 296 g/mol. The number of thiazole rings is 1. The lowest BCUT2D eigenvalue weighted by molar-refractivity contribution is 0.0696. The topological polar surface area (TPSA) is 124 Å². The maximum absolute atomic E-state index is 11.6. The number of carboxylic acid groups (broad SMARTS) is 1. The van der Waals surface area contributed by atoms with E-state index in [-0.39, 0.29) is 23.5 Å². The molecule has 0 aliphatic carbocycles. The number of nitrogens with zero attached hydrogens (tertiary/aromatic N) is 1. The van der Waals surface area contributed by atoms with Gasteiger partial charge >= 0.3 is 16.9 Å². The van der Waals surface area contributed by atoms with Gasteiger partial charge in [0.25, 0.3) is 0 Å². The van der Waals surface area contributed by atoms with Crippen LogP contribution in [-0.2, 0) is 13.1 Å². The van der Waals surface area contributed by atoms with Crippen LogP contribution in [0.5, 0.6) is 0 Å². The Bertz CT molecular complexity index is 709. The number of carbonyl (C=O) groups is 2. The van der Waals surface area contributed by atoms with Gasteiger partial charge in [0.2, 0.25) is 0 Å². The summed E-state index contributed by atoms with van der Waals surface area (Å²) in [5, 5.41) is 15.6. The van der Waals surface area contributed by atoms with E-state index in [9.17, 15) is 14.4 Å². The van der Waals surface area contributed by atoms with E-state index < -0.39 is 12.0 Å². The van der Waals surface area contributed by atoms with Crippen molar-refractivity contribution in [3.8, 4) is 0 Å². The number of nitrogens with one attached hydrogen (secondary N) is 3. The molecule has 0 aliphatic heterocycles. The van der Waals surface area contributed by atoms with Crippen molar-refractivity contribution in [3.63, 3.8) is 0 Å². The van der Waals surface area contributed by atoms with Crippen molar-refractivity contribution in [3.05, 3.63) is 50.3 Å². The molecule has 0 saturated carbocycles. The van der Waals surface area contributed by atoms with Crippen molar-refractivity contribution in [2.75, 3.05) is 0 Å². The minimum atomic E-state index is -1.05. The van der Waals surface area contributed by atoms with Gasteiger partial charge < -0.3 is 20.7 Å². The Morgan fingerprint density at radius 2 is 2.10 bits per heavy atom. The highest BCUT2D eigenvalue weighted by atomic mass is 32.1. The first-order chi connectivity index (χ1) is 10.0. The van der Waals surface area contributed by atoms with E-state index in [2.05, 4.69) is 20.6 Å². The third-order valence-corrected chi connectivity index (χ3v) is 3.22. The van der Waals surface area contributed by atoms with E-state index in [1.807, 2.05) is 0 Å². The molecule has 0 unspecified atom stereocenters. The summed E-state index contributed by atoms with van der Waals surface area (Å²) in [6.07, 6.45) is 1.37. The SMILES string of the molecule is O=C(NCc1cc(C(=O)O)ccn1)NCc1csc(=O)[nH]1. The van der Waals surface area contributed by atoms with Crippen LogP contribution in [0.1, 0.15) is 21.7 Å². The molecule has 0 fully saturated rings. The van der Waals surface area contributed by atoms with Crippen LogP contribution in [0.15, 0.2) is 28.5 Å². The Kier molecular flexibility index (Phi) is 4.67. The summed E-state index contributed by atoms with van der Waals surface area (Å²) >= 11 is 1.02. The number of hydrogen-bond acceptors (Lipinski definition) is 5. The molecule has 0 radical (unpaired) electrons. The third-order valence-electron chi connectivity index (χ3n) is 2.50. The monoisotopic (exact) mass is 308 g/mol. The number of aromatic amines is 1. The van der Waals surface area contributed by atoms with E-state index in [1.165, 1.54) is 18.3 Å². The van der Waals surface area contributed by atoms with Crippen molar-refractivity contribution in [1.82, 2.24) is 20.6 Å². The Morgan fingerprint density at radius 3 is 2.76 bits per heavy atom. The first-order valence-electron chi connectivity index (χ1n) is 5.91. The maximum atomic E-state index is 11.6. The van der Waals surface area contributed by atoms with Crippen LogP contribution in [0.3, 0.4) is 0 Å². The fraction of sp³-hybridized carbons (Fsp3) is 0.167. The second kappa shape index (κ2) is 6.66. The third kappa shape index (κ3) is 4.42. The Morgan fingerprint density at radius 1 is 1.33 bits per heavy atom. The molecule has 110 valence electrons. The van der Waals surface area contributed by atoms with E-state index in [4.69, 9.17) is 5.11 Å². The second-order valence-electron chi connectivity index (χ2n) is 4.05. The number of pyridine rings is 1. The van der Waals surface area contributed by atoms with Gasteiger partial charge in [-0.3, -0.25) is 9.78 Å². The molecule has 21 heavy (non-hydrogen) atoms. The highest BCUT2D eigenvalue weighted by Gasteiger charge is 2.06. The average molecular weight is 308 g/mol. The van der Waals surface area contributed by atoms with Crippen LogP contribution >= 0.6 is 11.3 Å². The van der Waals surface area contributed by atoms with Crippen molar-refractivity contribution in [1.29, 1.82) is 0 Å². The number of carbonyl (C=O) groups excluding carboxylic acids is 1. The number of amides is 2. The Labute approximate surface area is 122 Å². The fourth-order valence-corrected chi connectivity index (χ4v) is 2.10. The van der Waals surface area contributed by atoms with Crippen LogP contribution in [-0.4, -0.2) is 27.1 Å². The summed E-state index contributed by atoms with van der Waals surface area (Å²) < 4.78 is 0. The molecule has 2 aromatic heterocycles. The predicted octanol–water partition coefficient (Wildman–Crippen LogP) is 0.529. The van der Waals surface area contributed by atoms with Crippen molar-refractivity contribution in [2.24, 2.45) is 0 Å². The summed E-state index contributed by atoms with van der Waals surface area (Å²) in [7, 11) is 0. The van der Waals surface area contributed by atoms with Crippen molar-refractivity contribution in [2.45, 2.75) is 13.1 Å². The lowest BCUT2D eigenvalue weighted by Gasteiger charge is -2.06. The van der Waals surface area contributed by atoms with Gasteiger partial charge in [0, 0.05) is 17.3 Å². The van der Waals surface area contributed by atoms with Crippen LogP contribution in [0.4, 0.5) is 4.79 Å². The van der Waals surface area contributed by atoms with E-state index in [0.717, 1.165) is 11.3 Å². The molecule has 0 aromatic carbocycles. The number of rotatable bonds is 5. The molecule has 4 N–H and O–H groups in total. The number of H-pyrrole nitrogens is 1.